The van der Waals surface area contributed by atoms with Crippen LogP contribution in [0, 0.1) is 0 Å². The lowest BCUT2D eigenvalue weighted by atomic mass is 10.1. The monoisotopic (exact) mass is 286 g/mol. The van der Waals surface area contributed by atoms with Crippen LogP contribution in [0.1, 0.15) is 16.8 Å². The van der Waals surface area contributed by atoms with E-state index in [1.165, 1.54) is 4.90 Å². The van der Waals surface area contributed by atoms with Crippen LogP contribution in [0.15, 0.2) is 36.5 Å². The van der Waals surface area contributed by atoms with Gasteiger partial charge in [0.15, 0.2) is 0 Å². The molecule has 1 aromatic carbocycles. The SMILES string of the molecule is O=C(O)[C@@H]1C[C@H](O)CN1C(=O)c1cccc2ncccc12. The number of hydrogen-bond acceptors (Lipinski definition) is 4. The van der Waals surface area contributed by atoms with E-state index in [1.54, 1.807) is 36.5 Å². The molecule has 2 atom stereocenters. The molecule has 0 unspecified atom stereocenters. The molecule has 1 aromatic heterocycles. The number of likely N-dealkylation sites (tertiary alicyclic amines) is 1. The number of nitrogens with zero attached hydrogens (tertiary/aromatic N) is 2. The lowest BCUT2D eigenvalue weighted by molar-refractivity contribution is -0.141. The predicted molar refractivity (Wildman–Crippen MR) is 74.8 cm³/mol. The number of benzene rings is 1. The van der Waals surface area contributed by atoms with Crippen molar-refractivity contribution in [1.29, 1.82) is 0 Å². The number of carbonyl (C=O) groups excluding carboxylic acids is 1. The molecule has 0 bridgehead atoms. The molecule has 2 aromatic rings. The molecule has 1 amide bonds. The number of hydrogen-bond donors (Lipinski definition) is 2. The molecule has 6 heteroatoms. The summed E-state index contributed by atoms with van der Waals surface area (Å²) in [6.07, 6.45) is 0.892. The van der Waals surface area contributed by atoms with Gasteiger partial charge in [-0.25, -0.2) is 4.79 Å². The van der Waals surface area contributed by atoms with Crippen molar-refractivity contribution in [2.24, 2.45) is 0 Å². The van der Waals surface area contributed by atoms with Crippen molar-refractivity contribution in [3.8, 4) is 0 Å². The zero-order chi connectivity index (χ0) is 15.0. The molecule has 0 radical (unpaired) electrons. The van der Waals surface area contributed by atoms with Crippen LogP contribution in [0.3, 0.4) is 0 Å². The highest BCUT2D eigenvalue weighted by Crippen LogP contribution is 2.24. The summed E-state index contributed by atoms with van der Waals surface area (Å²) in [6.45, 7) is 0.0342. The molecular formula is C15H14N2O4. The van der Waals surface area contributed by atoms with Gasteiger partial charge in [-0.3, -0.25) is 9.78 Å². The summed E-state index contributed by atoms with van der Waals surface area (Å²) in [5.74, 6) is -1.49. The molecule has 0 spiro atoms. The van der Waals surface area contributed by atoms with Gasteiger partial charge in [0.25, 0.3) is 5.91 Å². The number of carboxylic acid groups (broad SMARTS) is 1. The number of aliphatic carboxylic acids is 1. The summed E-state index contributed by atoms with van der Waals surface area (Å²) >= 11 is 0. The Morgan fingerprint density at radius 1 is 1.24 bits per heavy atom. The third-order valence-corrected chi connectivity index (χ3v) is 3.70. The minimum Gasteiger partial charge on any atom is -0.480 e. The molecule has 21 heavy (non-hydrogen) atoms. The van der Waals surface area contributed by atoms with Crippen molar-refractivity contribution in [2.75, 3.05) is 6.54 Å². The number of β-amino-alcohol motifs (C(OH)–C–C–N with tert-alkyl or cyclic N) is 1. The number of carbonyl (C=O) groups is 2. The molecule has 1 aliphatic heterocycles. The first-order valence-electron chi connectivity index (χ1n) is 6.63. The predicted octanol–water partition coefficient (Wildman–Crippen LogP) is 0.895. The third kappa shape index (κ3) is 2.34. The highest BCUT2D eigenvalue weighted by molar-refractivity contribution is 6.07. The Morgan fingerprint density at radius 3 is 2.81 bits per heavy atom. The van der Waals surface area contributed by atoms with Crippen molar-refractivity contribution in [2.45, 2.75) is 18.6 Å². The topological polar surface area (TPSA) is 90.7 Å². The van der Waals surface area contributed by atoms with E-state index in [9.17, 15) is 19.8 Å². The van der Waals surface area contributed by atoms with Crippen LogP contribution in [-0.4, -0.2) is 50.7 Å². The summed E-state index contributed by atoms with van der Waals surface area (Å²) < 4.78 is 0. The third-order valence-electron chi connectivity index (χ3n) is 3.70. The minimum atomic E-state index is -1.10. The Labute approximate surface area is 120 Å². The molecule has 108 valence electrons. The fraction of sp³-hybridized carbons (Fsp3) is 0.267. The average Bonchev–Trinajstić information content (AvgIpc) is 2.88. The van der Waals surface area contributed by atoms with Gasteiger partial charge < -0.3 is 15.1 Å². The van der Waals surface area contributed by atoms with E-state index in [4.69, 9.17) is 0 Å². The second-order valence-corrected chi connectivity index (χ2v) is 5.08. The maximum Gasteiger partial charge on any atom is 0.326 e. The zero-order valence-corrected chi connectivity index (χ0v) is 11.1. The van der Waals surface area contributed by atoms with Crippen LogP contribution in [0.2, 0.25) is 0 Å². The quantitative estimate of drug-likeness (QED) is 0.855. The Kier molecular flexibility index (Phi) is 3.31. The highest BCUT2D eigenvalue weighted by Gasteiger charge is 2.39. The summed E-state index contributed by atoms with van der Waals surface area (Å²) in [7, 11) is 0. The maximum absolute atomic E-state index is 12.6. The molecule has 2 heterocycles. The molecule has 6 nitrogen and oxygen atoms in total. The molecule has 0 aliphatic carbocycles. The molecule has 1 fully saturated rings. The van der Waals surface area contributed by atoms with E-state index in [-0.39, 0.29) is 13.0 Å². The van der Waals surface area contributed by atoms with E-state index >= 15 is 0 Å². The van der Waals surface area contributed by atoms with Crippen LogP contribution >= 0.6 is 0 Å². The van der Waals surface area contributed by atoms with E-state index < -0.39 is 24.0 Å². The molecule has 1 saturated heterocycles. The first-order chi connectivity index (χ1) is 10.1. The number of aliphatic hydroxyl groups excluding tert-OH is 1. The van der Waals surface area contributed by atoms with Gasteiger partial charge in [0.1, 0.15) is 6.04 Å². The number of fused-ring (bicyclic) bond motifs is 1. The van der Waals surface area contributed by atoms with Crippen LogP contribution < -0.4 is 0 Å². The fourth-order valence-corrected chi connectivity index (χ4v) is 2.72. The smallest absolute Gasteiger partial charge is 0.326 e. The zero-order valence-electron chi connectivity index (χ0n) is 11.1. The number of aliphatic hydroxyl groups is 1. The van der Waals surface area contributed by atoms with E-state index in [2.05, 4.69) is 4.98 Å². The Balaban J connectivity index is 2.02. The van der Waals surface area contributed by atoms with Gasteiger partial charge in [-0.15, -0.1) is 0 Å². The second kappa shape index (κ2) is 5.14. The number of aromatic nitrogens is 1. The van der Waals surface area contributed by atoms with Crippen molar-refractivity contribution in [3.05, 3.63) is 42.1 Å². The summed E-state index contributed by atoms with van der Waals surface area (Å²) in [6, 6.07) is 7.67. The van der Waals surface area contributed by atoms with Crippen LogP contribution in [-0.2, 0) is 4.79 Å². The molecule has 2 N–H and O–H groups in total. The normalized spacial score (nSPS) is 21.7. The van der Waals surface area contributed by atoms with E-state index in [0.29, 0.717) is 16.5 Å². The number of rotatable bonds is 2. The Hall–Kier alpha value is -2.47. The van der Waals surface area contributed by atoms with E-state index in [1.807, 2.05) is 0 Å². The number of pyridine rings is 1. The standard InChI is InChI=1S/C15H14N2O4/c18-9-7-13(15(20)21)17(8-9)14(19)11-3-1-5-12-10(11)4-2-6-16-12/h1-6,9,13,18H,7-8H2,(H,20,21)/t9-,13-/m0/s1. The Morgan fingerprint density at radius 2 is 2.05 bits per heavy atom. The van der Waals surface area contributed by atoms with Gasteiger partial charge in [-0.05, 0) is 18.2 Å². The molecule has 1 aliphatic rings. The van der Waals surface area contributed by atoms with Gasteiger partial charge in [0, 0.05) is 30.1 Å². The van der Waals surface area contributed by atoms with Gasteiger partial charge in [-0.1, -0.05) is 12.1 Å². The highest BCUT2D eigenvalue weighted by atomic mass is 16.4. The minimum absolute atomic E-state index is 0.0342. The number of carboxylic acids is 1. The number of amides is 1. The maximum atomic E-state index is 12.6. The van der Waals surface area contributed by atoms with Crippen molar-refractivity contribution in [1.82, 2.24) is 9.88 Å². The first-order valence-corrected chi connectivity index (χ1v) is 6.63. The lowest BCUT2D eigenvalue weighted by Crippen LogP contribution is -2.40. The molecule has 3 rings (SSSR count). The second-order valence-electron chi connectivity index (χ2n) is 5.08. The van der Waals surface area contributed by atoms with Crippen LogP contribution in [0.5, 0.6) is 0 Å². The lowest BCUT2D eigenvalue weighted by Gasteiger charge is -2.21. The summed E-state index contributed by atoms with van der Waals surface area (Å²) in [5.41, 5.74) is 1.08. The van der Waals surface area contributed by atoms with Crippen molar-refractivity contribution < 1.29 is 19.8 Å². The van der Waals surface area contributed by atoms with Gasteiger partial charge >= 0.3 is 5.97 Å². The van der Waals surface area contributed by atoms with Gasteiger partial charge in [0.2, 0.25) is 0 Å². The van der Waals surface area contributed by atoms with E-state index in [0.717, 1.165) is 0 Å². The fourth-order valence-electron chi connectivity index (χ4n) is 2.72. The average molecular weight is 286 g/mol. The largest absolute Gasteiger partial charge is 0.480 e. The van der Waals surface area contributed by atoms with Crippen molar-refractivity contribution in [3.63, 3.8) is 0 Å². The first kappa shape index (κ1) is 13.5. The molecular weight excluding hydrogens is 272 g/mol. The van der Waals surface area contributed by atoms with Crippen molar-refractivity contribution >= 4 is 22.8 Å². The Bertz CT molecular complexity index is 710. The van der Waals surface area contributed by atoms with Crippen LogP contribution in [0.25, 0.3) is 10.9 Å². The summed E-state index contributed by atoms with van der Waals surface area (Å²) in [5, 5.41) is 19.5. The van der Waals surface area contributed by atoms with Crippen LogP contribution in [0.4, 0.5) is 0 Å². The molecule has 0 saturated carbocycles. The van der Waals surface area contributed by atoms with Gasteiger partial charge in [-0.2, -0.15) is 0 Å². The van der Waals surface area contributed by atoms with Gasteiger partial charge in [0.05, 0.1) is 11.6 Å². The summed E-state index contributed by atoms with van der Waals surface area (Å²) in [4.78, 5) is 29.3.